The minimum Gasteiger partial charge on any atom is -0.445 e. The van der Waals surface area contributed by atoms with E-state index >= 15 is 0 Å². The maximum Gasteiger partial charge on any atom is 0.522 e. The summed E-state index contributed by atoms with van der Waals surface area (Å²) in [7, 11) is 0. The van der Waals surface area contributed by atoms with Crippen LogP contribution < -0.4 is 5.32 Å². The molecule has 0 aliphatic heterocycles. The lowest BCUT2D eigenvalue weighted by atomic mass is 9.39. The van der Waals surface area contributed by atoms with Gasteiger partial charge in [-0.15, -0.1) is 23.4 Å². The Morgan fingerprint density at radius 2 is 1.87 bits per heavy atom. The fourth-order valence-corrected chi connectivity index (χ4v) is 4.92. The summed E-state index contributed by atoms with van der Waals surface area (Å²) in [4.78, 5) is 12.1. The monoisotopic (exact) mass is 457 g/mol. The van der Waals surface area contributed by atoms with Gasteiger partial charge >= 0.3 is 12.5 Å². The number of benzene rings is 1. The number of alkyl halides is 3. The van der Waals surface area contributed by atoms with E-state index in [-0.39, 0.29) is 36.3 Å². The molecule has 4 fully saturated rings. The summed E-state index contributed by atoms with van der Waals surface area (Å²) in [5, 5.41) is 11.7. The van der Waals surface area contributed by atoms with Crippen molar-refractivity contribution >= 4 is 17.7 Å². The van der Waals surface area contributed by atoms with Crippen LogP contribution >= 0.6 is 11.6 Å². The van der Waals surface area contributed by atoms with Crippen LogP contribution in [0.2, 0.25) is 5.02 Å². The van der Waals surface area contributed by atoms with Gasteiger partial charge in [0.05, 0.1) is 11.5 Å². The van der Waals surface area contributed by atoms with Crippen molar-refractivity contribution in [3.05, 3.63) is 46.6 Å². The smallest absolute Gasteiger partial charge is 0.445 e. The van der Waals surface area contributed by atoms with Gasteiger partial charge in [0.2, 0.25) is 11.8 Å². The van der Waals surface area contributed by atoms with Crippen molar-refractivity contribution in [1.82, 2.24) is 15.5 Å². The molecule has 4 aliphatic rings. The number of amides is 1. The Morgan fingerprint density at radius 1 is 1.19 bits per heavy atom. The molecule has 1 aromatic heterocycles. The highest BCUT2D eigenvalue weighted by Crippen LogP contribution is 2.67. The predicted octanol–water partition coefficient (Wildman–Crippen LogP) is 4.61. The minimum atomic E-state index is -4.63. The summed E-state index contributed by atoms with van der Waals surface area (Å²) in [6.07, 6.45) is -3.55. The Balaban J connectivity index is 1.08. The summed E-state index contributed by atoms with van der Waals surface area (Å²) < 4.78 is 51.7. The maximum absolute atomic E-state index is 12.2. The number of alkyl carbamates (subject to hydrolysis) is 1. The van der Waals surface area contributed by atoms with Gasteiger partial charge in [-0.05, 0) is 49.8 Å². The van der Waals surface area contributed by atoms with Crippen molar-refractivity contribution in [3.63, 3.8) is 0 Å². The van der Waals surface area contributed by atoms with Crippen LogP contribution in [0.15, 0.2) is 28.7 Å². The fourth-order valence-electron chi connectivity index (χ4n) is 4.80. The highest BCUT2D eigenvalue weighted by atomic mass is 35.5. The van der Waals surface area contributed by atoms with Gasteiger partial charge in [0.15, 0.2) is 0 Å². The van der Waals surface area contributed by atoms with Gasteiger partial charge < -0.3 is 14.5 Å². The van der Waals surface area contributed by atoms with Gasteiger partial charge in [-0.3, -0.25) is 4.74 Å². The number of ether oxygens (including phenoxy) is 2. The van der Waals surface area contributed by atoms with Crippen LogP contribution in [0.3, 0.4) is 0 Å². The number of nitrogens with zero attached hydrogens (tertiary/aromatic N) is 2. The maximum atomic E-state index is 12.2. The van der Waals surface area contributed by atoms with Crippen LogP contribution in [0.4, 0.5) is 18.0 Å². The second kappa shape index (κ2) is 7.09. The molecule has 0 spiro atoms. The zero-order valence-corrected chi connectivity index (χ0v) is 17.0. The number of hydrogen-bond acceptors (Lipinski definition) is 6. The van der Waals surface area contributed by atoms with Crippen molar-refractivity contribution in [2.24, 2.45) is 0 Å². The Hall–Kier alpha value is -2.33. The molecule has 31 heavy (non-hydrogen) atoms. The van der Waals surface area contributed by atoms with Crippen molar-refractivity contribution in [2.45, 2.75) is 68.0 Å². The van der Waals surface area contributed by atoms with E-state index in [1.54, 1.807) is 24.3 Å². The first-order chi connectivity index (χ1) is 14.6. The molecule has 1 heterocycles. The van der Waals surface area contributed by atoms with Crippen LogP contribution in [0.25, 0.3) is 0 Å². The van der Waals surface area contributed by atoms with Gasteiger partial charge in [-0.25, -0.2) is 4.79 Å². The average Bonchev–Trinajstić information content (AvgIpc) is 3.07. The predicted molar refractivity (Wildman–Crippen MR) is 100 cm³/mol. The molecule has 4 saturated carbocycles. The van der Waals surface area contributed by atoms with Crippen molar-refractivity contribution in [1.29, 1.82) is 0 Å². The molecule has 7 nitrogen and oxygen atoms in total. The number of carbonyl (C=O) groups is 1. The molecule has 1 aromatic carbocycles. The average molecular weight is 458 g/mol. The molecule has 166 valence electrons. The van der Waals surface area contributed by atoms with E-state index in [0.717, 1.165) is 5.56 Å². The largest absolute Gasteiger partial charge is 0.522 e. The zero-order chi connectivity index (χ0) is 21.9. The van der Waals surface area contributed by atoms with Crippen LogP contribution in [0.5, 0.6) is 0 Å². The molecule has 0 radical (unpaired) electrons. The number of halogens is 4. The number of carbonyl (C=O) groups excluding carboxylic acids is 1. The van der Waals surface area contributed by atoms with Crippen LogP contribution in [0, 0.1) is 0 Å². The molecule has 1 N–H and O–H groups in total. The fraction of sp³-hybridized carbons (Fsp3) is 0.550. The molecule has 0 unspecified atom stereocenters. The van der Waals surface area contributed by atoms with Gasteiger partial charge in [0.1, 0.15) is 6.61 Å². The molecule has 6 rings (SSSR count). The summed E-state index contributed by atoms with van der Waals surface area (Å²) in [6.45, 7) is 0.150. The van der Waals surface area contributed by atoms with E-state index in [9.17, 15) is 18.0 Å². The lowest BCUT2D eigenvalue weighted by Crippen LogP contribution is -2.76. The highest BCUT2D eigenvalue weighted by molar-refractivity contribution is 6.30. The van der Waals surface area contributed by atoms with E-state index in [0.29, 0.717) is 36.1 Å². The summed E-state index contributed by atoms with van der Waals surface area (Å²) >= 11 is 5.83. The van der Waals surface area contributed by atoms with E-state index in [2.05, 4.69) is 20.3 Å². The second-order valence-corrected chi connectivity index (χ2v) is 9.15. The first-order valence-electron chi connectivity index (χ1n) is 9.92. The third-order valence-electron chi connectivity index (χ3n) is 6.32. The third-order valence-corrected chi connectivity index (χ3v) is 6.57. The number of hydrogen-bond donors (Lipinski definition) is 1. The van der Waals surface area contributed by atoms with Gasteiger partial charge in [0.25, 0.3) is 0 Å². The first kappa shape index (κ1) is 20.6. The molecule has 2 bridgehead atoms. The van der Waals surface area contributed by atoms with E-state index in [4.69, 9.17) is 20.8 Å². The topological polar surface area (TPSA) is 86.5 Å². The Kier molecular flexibility index (Phi) is 4.71. The lowest BCUT2D eigenvalue weighted by molar-refractivity contribution is -0.352. The van der Waals surface area contributed by atoms with Gasteiger partial charge in [0, 0.05) is 16.5 Å². The Bertz CT molecular complexity index is 969. The molecule has 1 amide bonds. The van der Waals surface area contributed by atoms with Gasteiger partial charge in [-0.2, -0.15) is 0 Å². The van der Waals surface area contributed by atoms with Crippen LogP contribution in [-0.4, -0.2) is 34.3 Å². The van der Waals surface area contributed by atoms with Gasteiger partial charge in [-0.1, -0.05) is 23.7 Å². The van der Waals surface area contributed by atoms with Crippen molar-refractivity contribution < 1.29 is 31.9 Å². The van der Waals surface area contributed by atoms with E-state index in [1.165, 1.54) is 0 Å². The number of nitrogens with one attached hydrogen (secondary N) is 1. The summed E-state index contributed by atoms with van der Waals surface area (Å²) in [5.41, 5.74) is 0.250. The SMILES string of the molecule is O=C(NC12CC(c3nnc([C@H]4C[C@@H](OC(F)(F)F)C4)o3)(C1)C2)OCc1ccc(Cl)cc1. The number of aromatic nitrogens is 2. The normalized spacial score (nSPS) is 31.2. The first-order valence-corrected chi connectivity index (χ1v) is 10.3. The highest BCUT2D eigenvalue weighted by Gasteiger charge is 2.72. The summed E-state index contributed by atoms with van der Waals surface area (Å²) in [6, 6.07) is 7.04. The molecular weight excluding hydrogens is 439 g/mol. The Morgan fingerprint density at radius 3 is 2.52 bits per heavy atom. The Labute approximate surface area is 180 Å². The summed E-state index contributed by atoms with van der Waals surface area (Å²) in [5.74, 6) is 0.628. The van der Waals surface area contributed by atoms with E-state index in [1.807, 2.05) is 0 Å². The second-order valence-electron chi connectivity index (χ2n) is 8.72. The molecule has 2 aromatic rings. The molecule has 0 atom stereocenters. The third kappa shape index (κ3) is 3.98. The van der Waals surface area contributed by atoms with Crippen LogP contribution in [-0.2, 0) is 21.5 Å². The standard InChI is InChI=1S/C20H19ClF3N3O4/c21-13-3-1-11(2-4-13)7-29-17(28)25-19-8-18(9-19,10-19)16-27-26-15(30-16)12-5-14(6-12)31-20(22,23)24/h1-4,12,14H,5-10H2,(H,25,28)/t12-,14+,18?,19?. The minimum absolute atomic E-state index is 0.150. The van der Waals surface area contributed by atoms with Crippen molar-refractivity contribution in [2.75, 3.05) is 0 Å². The molecule has 0 saturated heterocycles. The molecule has 4 aliphatic carbocycles. The molecule has 11 heteroatoms. The zero-order valence-electron chi connectivity index (χ0n) is 16.2. The van der Waals surface area contributed by atoms with Crippen LogP contribution in [0.1, 0.15) is 55.4 Å². The lowest BCUT2D eigenvalue weighted by Gasteiger charge is -2.68. The molecular formula is C20H19ClF3N3O4. The quantitative estimate of drug-likeness (QED) is 0.682. The van der Waals surface area contributed by atoms with Crippen molar-refractivity contribution in [3.8, 4) is 0 Å². The van der Waals surface area contributed by atoms with E-state index < -0.39 is 18.6 Å². The number of rotatable bonds is 6.